The van der Waals surface area contributed by atoms with Crippen molar-refractivity contribution in [3.05, 3.63) is 30.9 Å². The first-order chi connectivity index (χ1) is 5.22. The molecule has 0 aliphatic carbocycles. The van der Waals surface area contributed by atoms with Crippen LogP contribution in [0.2, 0.25) is 0 Å². The van der Waals surface area contributed by atoms with Crippen molar-refractivity contribution in [1.82, 2.24) is 9.97 Å². The minimum absolute atomic E-state index is 0.00519. The standard InChI is InChI=1S/C7H6N2O2/c1-5(7(10)11)6-2-8-4-9-3-6/h2-4H,1H2,(H,10,11). The van der Waals surface area contributed by atoms with Gasteiger partial charge in [-0.3, -0.25) is 0 Å². The third-order valence-electron chi connectivity index (χ3n) is 1.17. The molecule has 0 bridgehead atoms. The molecule has 0 aliphatic rings. The van der Waals surface area contributed by atoms with Crippen LogP contribution < -0.4 is 0 Å². The summed E-state index contributed by atoms with van der Waals surface area (Å²) < 4.78 is 0. The number of carboxylic acids is 1. The maximum Gasteiger partial charge on any atom is 0.335 e. The van der Waals surface area contributed by atoms with Crippen LogP contribution in [0.3, 0.4) is 0 Å². The first-order valence-corrected chi connectivity index (χ1v) is 2.89. The van der Waals surface area contributed by atoms with E-state index in [2.05, 4.69) is 16.5 Å². The van der Waals surface area contributed by atoms with E-state index in [0.29, 0.717) is 5.56 Å². The summed E-state index contributed by atoms with van der Waals surface area (Å²) in [6, 6.07) is 0. The Morgan fingerprint density at radius 3 is 2.45 bits per heavy atom. The van der Waals surface area contributed by atoms with Crippen molar-refractivity contribution in [2.75, 3.05) is 0 Å². The van der Waals surface area contributed by atoms with E-state index in [-0.39, 0.29) is 5.57 Å². The van der Waals surface area contributed by atoms with Gasteiger partial charge in [0.05, 0.1) is 5.57 Å². The normalized spacial score (nSPS) is 9.09. The summed E-state index contributed by atoms with van der Waals surface area (Å²) in [4.78, 5) is 17.7. The number of aromatic nitrogens is 2. The molecule has 0 fully saturated rings. The van der Waals surface area contributed by atoms with Gasteiger partial charge in [0.2, 0.25) is 0 Å². The van der Waals surface area contributed by atoms with Crippen LogP contribution in [0.1, 0.15) is 5.56 Å². The zero-order valence-corrected chi connectivity index (χ0v) is 5.69. The molecular weight excluding hydrogens is 144 g/mol. The molecule has 1 rings (SSSR count). The van der Waals surface area contributed by atoms with E-state index >= 15 is 0 Å². The van der Waals surface area contributed by atoms with Gasteiger partial charge in [-0.2, -0.15) is 0 Å². The zero-order valence-electron chi connectivity index (χ0n) is 5.69. The maximum atomic E-state index is 10.3. The van der Waals surface area contributed by atoms with Gasteiger partial charge in [-0.05, 0) is 0 Å². The van der Waals surface area contributed by atoms with Gasteiger partial charge < -0.3 is 5.11 Å². The second-order valence-corrected chi connectivity index (χ2v) is 1.91. The van der Waals surface area contributed by atoms with Crippen molar-refractivity contribution < 1.29 is 9.90 Å². The van der Waals surface area contributed by atoms with Gasteiger partial charge in [-0.1, -0.05) is 6.58 Å². The van der Waals surface area contributed by atoms with Gasteiger partial charge in [-0.15, -0.1) is 0 Å². The lowest BCUT2D eigenvalue weighted by Gasteiger charge is -1.95. The van der Waals surface area contributed by atoms with Crippen LogP contribution in [-0.2, 0) is 4.79 Å². The lowest BCUT2D eigenvalue weighted by molar-refractivity contribution is -0.130. The largest absolute Gasteiger partial charge is 0.478 e. The van der Waals surface area contributed by atoms with Crippen molar-refractivity contribution in [3.63, 3.8) is 0 Å². The second kappa shape index (κ2) is 2.92. The van der Waals surface area contributed by atoms with Crippen LogP contribution >= 0.6 is 0 Å². The third kappa shape index (κ3) is 1.61. The van der Waals surface area contributed by atoms with Gasteiger partial charge in [0.1, 0.15) is 6.33 Å². The van der Waals surface area contributed by atoms with Crippen molar-refractivity contribution in [2.45, 2.75) is 0 Å². The summed E-state index contributed by atoms with van der Waals surface area (Å²) in [5.41, 5.74) is 0.436. The Hall–Kier alpha value is -1.71. The van der Waals surface area contributed by atoms with Crippen molar-refractivity contribution in [2.24, 2.45) is 0 Å². The molecule has 1 N–H and O–H groups in total. The Morgan fingerprint density at radius 2 is 2.00 bits per heavy atom. The highest BCUT2D eigenvalue weighted by Crippen LogP contribution is 2.07. The van der Waals surface area contributed by atoms with Crippen molar-refractivity contribution >= 4 is 11.5 Å². The zero-order chi connectivity index (χ0) is 8.27. The van der Waals surface area contributed by atoms with E-state index < -0.39 is 5.97 Å². The molecule has 0 spiro atoms. The molecule has 0 atom stereocenters. The number of aliphatic carboxylic acids is 1. The Bertz CT molecular complexity index is 282. The lowest BCUT2D eigenvalue weighted by atomic mass is 10.2. The molecule has 0 radical (unpaired) electrons. The van der Waals surface area contributed by atoms with Crippen LogP contribution in [0, 0.1) is 0 Å². The average molecular weight is 150 g/mol. The van der Waals surface area contributed by atoms with Crippen LogP contribution in [0.15, 0.2) is 25.3 Å². The van der Waals surface area contributed by atoms with Gasteiger partial charge in [0, 0.05) is 18.0 Å². The van der Waals surface area contributed by atoms with Gasteiger partial charge >= 0.3 is 5.97 Å². The maximum absolute atomic E-state index is 10.3. The van der Waals surface area contributed by atoms with E-state index in [9.17, 15) is 4.79 Å². The highest BCUT2D eigenvalue weighted by molar-refractivity contribution is 6.14. The molecule has 56 valence electrons. The fourth-order valence-electron chi connectivity index (χ4n) is 0.578. The predicted octanol–water partition coefficient (Wildman–Crippen LogP) is 0.574. The van der Waals surface area contributed by atoms with Crippen LogP contribution in [0.5, 0.6) is 0 Å². The summed E-state index contributed by atoms with van der Waals surface area (Å²) in [5, 5.41) is 8.48. The Labute approximate surface area is 63.2 Å². The van der Waals surface area contributed by atoms with Crippen LogP contribution in [0.4, 0.5) is 0 Å². The Kier molecular flexibility index (Phi) is 1.96. The fourth-order valence-corrected chi connectivity index (χ4v) is 0.578. The molecular formula is C7H6N2O2. The number of rotatable bonds is 2. The van der Waals surface area contributed by atoms with Gasteiger partial charge in [-0.25, -0.2) is 14.8 Å². The number of nitrogens with zero attached hydrogens (tertiary/aromatic N) is 2. The number of hydrogen-bond acceptors (Lipinski definition) is 3. The van der Waals surface area contributed by atoms with Gasteiger partial charge in [0.15, 0.2) is 0 Å². The quantitative estimate of drug-likeness (QED) is 0.626. The van der Waals surface area contributed by atoms with Crippen LogP contribution in [-0.4, -0.2) is 21.0 Å². The monoisotopic (exact) mass is 150 g/mol. The topological polar surface area (TPSA) is 63.1 Å². The molecule has 4 heteroatoms. The number of carboxylic acid groups (broad SMARTS) is 1. The summed E-state index contributed by atoms with van der Waals surface area (Å²) in [6.07, 6.45) is 4.14. The van der Waals surface area contributed by atoms with E-state index in [4.69, 9.17) is 5.11 Å². The smallest absolute Gasteiger partial charge is 0.335 e. The second-order valence-electron chi connectivity index (χ2n) is 1.91. The molecule has 0 amide bonds. The highest BCUT2D eigenvalue weighted by atomic mass is 16.4. The van der Waals surface area contributed by atoms with Crippen LogP contribution in [0.25, 0.3) is 5.57 Å². The molecule has 0 aliphatic heterocycles. The molecule has 1 heterocycles. The Morgan fingerprint density at radius 1 is 1.45 bits per heavy atom. The molecule has 1 aromatic rings. The SMILES string of the molecule is C=C(C(=O)O)c1cncnc1. The molecule has 0 saturated carbocycles. The van der Waals surface area contributed by atoms with Crippen molar-refractivity contribution in [3.8, 4) is 0 Å². The minimum atomic E-state index is -1.06. The molecule has 11 heavy (non-hydrogen) atoms. The highest BCUT2D eigenvalue weighted by Gasteiger charge is 2.05. The lowest BCUT2D eigenvalue weighted by Crippen LogP contribution is -1.98. The summed E-state index contributed by atoms with van der Waals surface area (Å²) in [5.74, 6) is -1.06. The molecule has 1 aromatic heterocycles. The van der Waals surface area contributed by atoms with E-state index in [1.165, 1.54) is 18.7 Å². The third-order valence-corrected chi connectivity index (χ3v) is 1.17. The first kappa shape index (κ1) is 7.40. The van der Waals surface area contributed by atoms with Crippen molar-refractivity contribution in [1.29, 1.82) is 0 Å². The Balaban J connectivity index is 2.95. The summed E-state index contributed by atoms with van der Waals surface area (Å²) >= 11 is 0. The molecule has 0 saturated heterocycles. The fraction of sp³-hybridized carbons (Fsp3) is 0. The first-order valence-electron chi connectivity index (χ1n) is 2.89. The number of carbonyl (C=O) groups is 1. The molecule has 0 aromatic carbocycles. The van der Waals surface area contributed by atoms with E-state index in [0.717, 1.165) is 0 Å². The molecule has 4 nitrogen and oxygen atoms in total. The van der Waals surface area contributed by atoms with E-state index in [1.807, 2.05) is 0 Å². The predicted molar refractivity (Wildman–Crippen MR) is 38.7 cm³/mol. The molecule has 0 unspecified atom stereocenters. The van der Waals surface area contributed by atoms with Gasteiger partial charge in [0.25, 0.3) is 0 Å². The minimum Gasteiger partial charge on any atom is -0.478 e. The summed E-state index contributed by atoms with van der Waals surface area (Å²) in [7, 11) is 0. The summed E-state index contributed by atoms with van der Waals surface area (Å²) in [6.45, 7) is 3.34. The van der Waals surface area contributed by atoms with E-state index in [1.54, 1.807) is 0 Å². The number of hydrogen-bond donors (Lipinski definition) is 1. The average Bonchev–Trinajstić information content (AvgIpc) is 2.05.